The lowest BCUT2D eigenvalue weighted by molar-refractivity contribution is 0.203. The number of nitrogens with one attached hydrogen (secondary N) is 1. The van der Waals surface area contributed by atoms with Gasteiger partial charge in [0.25, 0.3) is 0 Å². The molecule has 0 heterocycles. The third-order valence-corrected chi connectivity index (χ3v) is 2.42. The summed E-state index contributed by atoms with van der Waals surface area (Å²) in [5.74, 6) is 0. The topological polar surface area (TPSA) is 67.9 Å². The van der Waals surface area contributed by atoms with E-state index in [2.05, 4.69) is 15.9 Å². The minimum absolute atomic E-state index is 0.260. The van der Waals surface area contributed by atoms with Crippen molar-refractivity contribution < 1.29 is 5.11 Å². The van der Waals surface area contributed by atoms with Crippen LogP contribution < -0.4 is 0 Å². The molecule has 2 N–H and O–H groups in total. The van der Waals surface area contributed by atoms with Crippen molar-refractivity contribution in [3.05, 3.63) is 33.8 Å². The van der Waals surface area contributed by atoms with Gasteiger partial charge in [-0.2, -0.15) is 5.26 Å². The molecule has 1 rings (SSSR count). The van der Waals surface area contributed by atoms with Gasteiger partial charge in [0.2, 0.25) is 0 Å². The van der Waals surface area contributed by atoms with E-state index in [1.54, 1.807) is 25.1 Å². The zero-order valence-corrected chi connectivity index (χ0v) is 9.87. The van der Waals surface area contributed by atoms with Crippen LogP contribution in [0.15, 0.2) is 22.7 Å². The maximum Gasteiger partial charge on any atom is 0.0999 e. The van der Waals surface area contributed by atoms with Crippen LogP contribution in [-0.2, 0) is 0 Å². The molecule has 1 aromatic carbocycles. The molecule has 0 aliphatic rings. The van der Waals surface area contributed by atoms with Crippen molar-refractivity contribution in [2.45, 2.75) is 19.4 Å². The Kier molecular flexibility index (Phi) is 4.01. The van der Waals surface area contributed by atoms with Crippen molar-refractivity contribution >= 4 is 21.6 Å². The lowest BCUT2D eigenvalue weighted by Gasteiger charge is -2.08. The molecular formula is C11H11BrN2O. The van der Waals surface area contributed by atoms with Crippen molar-refractivity contribution in [1.82, 2.24) is 0 Å². The van der Waals surface area contributed by atoms with E-state index < -0.39 is 6.10 Å². The normalized spacial score (nSPS) is 11.9. The van der Waals surface area contributed by atoms with Crippen LogP contribution in [0.1, 0.15) is 24.5 Å². The molecule has 0 spiro atoms. The van der Waals surface area contributed by atoms with Gasteiger partial charge in [-0.25, -0.2) is 0 Å². The van der Waals surface area contributed by atoms with Gasteiger partial charge in [-0.1, -0.05) is 22.0 Å². The zero-order chi connectivity index (χ0) is 11.4. The van der Waals surface area contributed by atoms with E-state index in [1.165, 1.54) is 0 Å². The van der Waals surface area contributed by atoms with Crippen molar-refractivity contribution in [3.8, 4) is 6.07 Å². The summed E-state index contributed by atoms with van der Waals surface area (Å²) in [6.45, 7) is 1.62. The Hall–Kier alpha value is -1.18. The summed E-state index contributed by atoms with van der Waals surface area (Å²) in [5.41, 5.74) is 1.32. The molecule has 0 amide bonds. The van der Waals surface area contributed by atoms with Crippen LogP contribution in [0.3, 0.4) is 0 Å². The average Bonchev–Trinajstić information content (AvgIpc) is 2.16. The van der Waals surface area contributed by atoms with E-state index in [4.69, 9.17) is 15.8 Å². The highest BCUT2D eigenvalue weighted by Gasteiger charge is 2.10. The number of nitrogens with zero attached hydrogens (tertiary/aromatic N) is 1. The van der Waals surface area contributed by atoms with E-state index in [-0.39, 0.29) is 12.1 Å². The van der Waals surface area contributed by atoms with E-state index in [0.717, 1.165) is 4.47 Å². The molecule has 3 nitrogen and oxygen atoms in total. The highest BCUT2D eigenvalue weighted by Crippen LogP contribution is 2.17. The molecule has 0 aliphatic carbocycles. The predicted molar refractivity (Wildman–Crippen MR) is 62.0 cm³/mol. The molecule has 0 bridgehead atoms. The summed E-state index contributed by atoms with van der Waals surface area (Å²) in [6, 6.07) is 7.21. The monoisotopic (exact) mass is 266 g/mol. The molecule has 78 valence electrons. The Labute approximate surface area is 97.0 Å². The fourth-order valence-corrected chi connectivity index (χ4v) is 1.64. The summed E-state index contributed by atoms with van der Waals surface area (Å²) in [4.78, 5) is 0. The SMILES string of the molecule is CC(O)CC(=N)c1ccc(Br)cc1C#N. The molecular weight excluding hydrogens is 256 g/mol. The third kappa shape index (κ3) is 3.15. The van der Waals surface area contributed by atoms with Crippen LogP contribution in [0.2, 0.25) is 0 Å². The summed E-state index contributed by atoms with van der Waals surface area (Å²) in [7, 11) is 0. The van der Waals surface area contributed by atoms with Gasteiger partial charge < -0.3 is 10.5 Å². The Bertz CT molecular complexity index is 421. The second kappa shape index (κ2) is 5.06. The van der Waals surface area contributed by atoms with Crippen LogP contribution in [0.25, 0.3) is 0 Å². The zero-order valence-electron chi connectivity index (χ0n) is 8.29. The second-order valence-corrected chi connectivity index (χ2v) is 4.25. The number of aliphatic hydroxyl groups is 1. The first-order chi connectivity index (χ1) is 7.04. The lowest BCUT2D eigenvalue weighted by Crippen LogP contribution is -2.11. The minimum atomic E-state index is -0.562. The number of aliphatic hydroxyl groups excluding tert-OH is 1. The molecule has 0 saturated heterocycles. The van der Waals surface area contributed by atoms with Gasteiger partial charge in [-0.15, -0.1) is 0 Å². The summed E-state index contributed by atoms with van der Waals surface area (Å²) in [6.07, 6.45) is -0.302. The van der Waals surface area contributed by atoms with Crippen molar-refractivity contribution in [2.75, 3.05) is 0 Å². The molecule has 15 heavy (non-hydrogen) atoms. The van der Waals surface area contributed by atoms with Gasteiger partial charge >= 0.3 is 0 Å². The fraction of sp³-hybridized carbons (Fsp3) is 0.273. The fourth-order valence-electron chi connectivity index (χ4n) is 1.28. The molecule has 0 aliphatic heterocycles. The molecule has 0 aromatic heterocycles. The Morgan fingerprint density at radius 3 is 2.87 bits per heavy atom. The summed E-state index contributed by atoms with van der Waals surface area (Å²) < 4.78 is 0.813. The summed E-state index contributed by atoms with van der Waals surface area (Å²) in [5, 5.41) is 25.8. The minimum Gasteiger partial charge on any atom is -0.393 e. The van der Waals surface area contributed by atoms with E-state index in [9.17, 15) is 0 Å². The predicted octanol–water partition coefficient (Wildman–Crippen LogP) is 2.46. The second-order valence-electron chi connectivity index (χ2n) is 3.33. The first kappa shape index (κ1) is 11.9. The number of hydrogen-bond acceptors (Lipinski definition) is 3. The largest absolute Gasteiger partial charge is 0.393 e. The van der Waals surface area contributed by atoms with Crippen LogP contribution in [0.4, 0.5) is 0 Å². The van der Waals surface area contributed by atoms with Crippen LogP contribution in [-0.4, -0.2) is 16.9 Å². The lowest BCUT2D eigenvalue weighted by atomic mass is 10.0. The van der Waals surface area contributed by atoms with Crippen LogP contribution in [0.5, 0.6) is 0 Å². The van der Waals surface area contributed by atoms with E-state index in [1.807, 2.05) is 6.07 Å². The van der Waals surface area contributed by atoms with E-state index >= 15 is 0 Å². The van der Waals surface area contributed by atoms with Gasteiger partial charge in [-0.05, 0) is 19.1 Å². The first-order valence-corrected chi connectivity index (χ1v) is 5.29. The Balaban J connectivity index is 3.04. The van der Waals surface area contributed by atoms with E-state index in [0.29, 0.717) is 11.1 Å². The van der Waals surface area contributed by atoms with Gasteiger partial charge in [0.05, 0.1) is 17.7 Å². The van der Waals surface area contributed by atoms with Gasteiger partial charge in [0.15, 0.2) is 0 Å². The molecule has 4 heteroatoms. The van der Waals surface area contributed by atoms with Crippen molar-refractivity contribution in [2.24, 2.45) is 0 Å². The van der Waals surface area contributed by atoms with Crippen molar-refractivity contribution in [1.29, 1.82) is 10.7 Å². The quantitative estimate of drug-likeness (QED) is 0.826. The molecule has 0 radical (unpaired) electrons. The number of halogens is 1. The highest BCUT2D eigenvalue weighted by molar-refractivity contribution is 9.10. The molecule has 0 saturated carbocycles. The molecule has 1 unspecified atom stereocenters. The number of benzene rings is 1. The number of hydrogen-bond donors (Lipinski definition) is 2. The first-order valence-electron chi connectivity index (χ1n) is 4.50. The van der Waals surface area contributed by atoms with Gasteiger partial charge in [0, 0.05) is 22.2 Å². The maximum atomic E-state index is 9.17. The van der Waals surface area contributed by atoms with Crippen LogP contribution in [0, 0.1) is 16.7 Å². The number of rotatable bonds is 3. The van der Waals surface area contributed by atoms with Gasteiger partial charge in [0.1, 0.15) is 0 Å². The molecule has 1 atom stereocenters. The summed E-state index contributed by atoms with van der Waals surface area (Å²) >= 11 is 3.27. The third-order valence-electron chi connectivity index (χ3n) is 1.93. The van der Waals surface area contributed by atoms with Gasteiger partial charge in [-0.3, -0.25) is 0 Å². The Morgan fingerprint density at radius 1 is 1.67 bits per heavy atom. The number of nitriles is 1. The Morgan fingerprint density at radius 2 is 2.33 bits per heavy atom. The molecule has 0 fully saturated rings. The maximum absolute atomic E-state index is 9.17. The molecule has 1 aromatic rings. The highest BCUT2D eigenvalue weighted by atomic mass is 79.9. The standard InChI is InChI=1S/C11H11BrN2O/c1-7(15)4-11(14)10-3-2-9(12)5-8(10)6-13/h2-3,5,7,14-15H,4H2,1H3. The van der Waals surface area contributed by atoms with Crippen molar-refractivity contribution in [3.63, 3.8) is 0 Å². The smallest absolute Gasteiger partial charge is 0.0999 e. The average molecular weight is 267 g/mol. The van der Waals surface area contributed by atoms with Crippen LogP contribution >= 0.6 is 15.9 Å².